The maximum atomic E-state index is 13.8. The highest BCUT2D eigenvalue weighted by atomic mass is 32.1. The number of alkyl halides is 3. The van der Waals surface area contributed by atoms with E-state index in [2.05, 4.69) is 15.2 Å². The van der Waals surface area contributed by atoms with Gasteiger partial charge in [0.25, 0.3) is 5.91 Å². The highest BCUT2D eigenvalue weighted by Gasteiger charge is 2.38. The molecule has 5 rings (SSSR count). The van der Waals surface area contributed by atoms with Crippen LogP contribution < -0.4 is 0 Å². The van der Waals surface area contributed by atoms with E-state index in [-0.39, 0.29) is 28.9 Å². The lowest BCUT2D eigenvalue weighted by Crippen LogP contribution is -2.31. The smallest absolute Gasteiger partial charge is 0.330 e. The number of rotatable bonds is 4. The zero-order chi connectivity index (χ0) is 22.5. The number of carbonyl (C=O) groups excluding carboxylic acids is 1. The number of carbonyl (C=O) groups is 1. The van der Waals surface area contributed by atoms with E-state index in [4.69, 9.17) is 0 Å². The fourth-order valence-corrected chi connectivity index (χ4v) is 4.91. The molecular weight excluding hydrogens is 441 g/mol. The summed E-state index contributed by atoms with van der Waals surface area (Å²) < 4.78 is 43.9. The second-order valence-electron chi connectivity index (χ2n) is 7.52. The van der Waals surface area contributed by atoms with Gasteiger partial charge >= 0.3 is 6.18 Å². The maximum absolute atomic E-state index is 13.8. The molecule has 0 aliphatic carbocycles. The highest BCUT2D eigenvalue weighted by Crippen LogP contribution is 2.36. The average molecular weight is 460 g/mol. The summed E-state index contributed by atoms with van der Waals surface area (Å²) in [5.41, 5.74) is 0.0765. The fourth-order valence-electron chi connectivity index (χ4n) is 4.23. The normalized spacial score (nSPS) is 16.9. The van der Waals surface area contributed by atoms with Crippen molar-refractivity contribution in [2.75, 3.05) is 6.54 Å². The molecule has 0 radical (unpaired) electrons. The topological polar surface area (TPSA) is 68.3 Å². The summed E-state index contributed by atoms with van der Waals surface area (Å²) in [7, 11) is 0. The molecular formula is C21H19F3N6OS. The lowest BCUT2D eigenvalue weighted by atomic mass is 10.1. The number of fused-ring (bicyclic) bond motifs is 1. The second kappa shape index (κ2) is 7.73. The minimum Gasteiger partial charge on any atom is -0.330 e. The third-order valence-corrected chi connectivity index (χ3v) is 6.56. The standard InChI is InChI=1S/C21H19F3N6OS/c1-2-29-16(7-8-25-29)15-5-3-9-28(15)20(31)13-12-26-30-18(21(22,23)24)11-14(27-19(13)30)17-6-4-10-32-17/h4,6-8,10-12,15H,2-3,5,9H2,1H3/t15-/m0/s1. The predicted octanol–water partition coefficient (Wildman–Crippen LogP) is 4.67. The van der Waals surface area contributed by atoms with Crippen molar-refractivity contribution in [3.8, 4) is 10.6 Å². The molecule has 1 atom stereocenters. The summed E-state index contributed by atoms with van der Waals surface area (Å²) in [5.74, 6) is -0.379. The van der Waals surface area contributed by atoms with Gasteiger partial charge in [-0.25, -0.2) is 9.50 Å². The van der Waals surface area contributed by atoms with Crippen LogP contribution in [0.15, 0.2) is 42.0 Å². The first-order chi connectivity index (χ1) is 15.4. The van der Waals surface area contributed by atoms with Crippen LogP contribution in [0.5, 0.6) is 0 Å². The van der Waals surface area contributed by atoms with E-state index in [9.17, 15) is 18.0 Å². The zero-order valence-corrected chi connectivity index (χ0v) is 17.9. The van der Waals surface area contributed by atoms with Gasteiger partial charge in [-0.3, -0.25) is 9.48 Å². The number of halogens is 3. The molecule has 7 nitrogen and oxygen atoms in total. The van der Waals surface area contributed by atoms with Crippen molar-refractivity contribution in [3.05, 3.63) is 59.0 Å². The Morgan fingerprint density at radius 3 is 2.84 bits per heavy atom. The zero-order valence-electron chi connectivity index (χ0n) is 17.1. The summed E-state index contributed by atoms with van der Waals surface area (Å²) in [6.07, 6.45) is -0.210. The Morgan fingerprint density at radius 1 is 1.28 bits per heavy atom. The molecule has 0 unspecified atom stereocenters. The number of aryl methyl sites for hydroxylation is 1. The lowest BCUT2D eigenvalue weighted by molar-refractivity contribution is -0.142. The molecule has 32 heavy (non-hydrogen) atoms. The van der Waals surface area contributed by atoms with E-state index >= 15 is 0 Å². The van der Waals surface area contributed by atoms with Crippen LogP contribution in [0.4, 0.5) is 13.2 Å². The first-order valence-corrected chi connectivity index (χ1v) is 11.1. The van der Waals surface area contributed by atoms with E-state index in [1.807, 2.05) is 17.7 Å². The number of hydrogen-bond acceptors (Lipinski definition) is 5. The van der Waals surface area contributed by atoms with Gasteiger partial charge in [-0.2, -0.15) is 23.4 Å². The van der Waals surface area contributed by atoms with Crippen LogP contribution in [0.3, 0.4) is 0 Å². The van der Waals surface area contributed by atoms with E-state index in [1.54, 1.807) is 28.6 Å². The molecule has 4 aromatic heterocycles. The number of thiophene rings is 1. The molecule has 1 aliphatic rings. The molecule has 1 fully saturated rings. The van der Waals surface area contributed by atoms with Crippen LogP contribution in [-0.4, -0.2) is 41.7 Å². The molecule has 1 aliphatic heterocycles. The summed E-state index contributed by atoms with van der Waals surface area (Å²) in [6, 6.07) is 6.10. The molecule has 0 aromatic carbocycles. The fraction of sp³-hybridized carbons (Fsp3) is 0.333. The average Bonchev–Trinajstić information content (AvgIpc) is 3.56. The Balaban J connectivity index is 1.61. The first-order valence-electron chi connectivity index (χ1n) is 10.2. The van der Waals surface area contributed by atoms with Crippen LogP contribution in [0.25, 0.3) is 16.2 Å². The molecule has 1 saturated heterocycles. The number of likely N-dealkylation sites (tertiary alicyclic amines) is 1. The van der Waals surface area contributed by atoms with Gasteiger partial charge in [0.05, 0.1) is 28.5 Å². The predicted molar refractivity (Wildman–Crippen MR) is 112 cm³/mol. The molecule has 0 N–H and O–H groups in total. The maximum Gasteiger partial charge on any atom is 0.433 e. The van der Waals surface area contributed by atoms with Gasteiger partial charge in [-0.15, -0.1) is 11.3 Å². The van der Waals surface area contributed by atoms with Crippen molar-refractivity contribution in [2.24, 2.45) is 0 Å². The second-order valence-corrected chi connectivity index (χ2v) is 8.47. The quantitative estimate of drug-likeness (QED) is 0.444. The summed E-state index contributed by atoms with van der Waals surface area (Å²) in [5, 5.41) is 9.95. The molecule has 166 valence electrons. The van der Waals surface area contributed by atoms with E-state index in [0.717, 1.165) is 24.6 Å². The molecule has 0 bridgehead atoms. The first kappa shape index (κ1) is 20.7. The van der Waals surface area contributed by atoms with Crippen molar-refractivity contribution in [1.29, 1.82) is 0 Å². The molecule has 5 heterocycles. The molecule has 4 aromatic rings. The van der Waals surface area contributed by atoms with Crippen LogP contribution >= 0.6 is 11.3 Å². The van der Waals surface area contributed by atoms with E-state index in [0.29, 0.717) is 22.5 Å². The molecule has 11 heteroatoms. The molecule has 0 spiro atoms. The van der Waals surface area contributed by atoms with E-state index < -0.39 is 11.9 Å². The Kier molecular flexibility index (Phi) is 5.00. The third-order valence-electron chi connectivity index (χ3n) is 5.67. The van der Waals surface area contributed by atoms with Crippen molar-refractivity contribution in [1.82, 2.24) is 29.3 Å². The highest BCUT2D eigenvalue weighted by molar-refractivity contribution is 7.13. The van der Waals surface area contributed by atoms with Crippen LogP contribution in [0.1, 0.15) is 47.6 Å². The van der Waals surface area contributed by atoms with Gasteiger partial charge in [0.15, 0.2) is 11.3 Å². The largest absolute Gasteiger partial charge is 0.433 e. The summed E-state index contributed by atoms with van der Waals surface area (Å²) >= 11 is 1.28. The lowest BCUT2D eigenvalue weighted by Gasteiger charge is -2.25. The minimum absolute atomic E-state index is 0.0587. The van der Waals surface area contributed by atoms with Crippen LogP contribution in [0, 0.1) is 0 Å². The Bertz CT molecular complexity index is 1280. The van der Waals surface area contributed by atoms with Gasteiger partial charge < -0.3 is 4.90 Å². The minimum atomic E-state index is -4.65. The number of aromatic nitrogens is 5. The number of nitrogens with zero attached hydrogens (tertiary/aromatic N) is 6. The number of hydrogen-bond donors (Lipinski definition) is 0. The van der Waals surface area contributed by atoms with Crippen molar-refractivity contribution < 1.29 is 18.0 Å². The molecule has 0 saturated carbocycles. The monoisotopic (exact) mass is 460 g/mol. The van der Waals surface area contributed by atoms with Gasteiger partial charge in [-0.1, -0.05) is 6.07 Å². The molecule has 1 amide bonds. The number of amides is 1. The van der Waals surface area contributed by atoms with Crippen LogP contribution in [-0.2, 0) is 12.7 Å². The van der Waals surface area contributed by atoms with Crippen LogP contribution in [0.2, 0.25) is 0 Å². The van der Waals surface area contributed by atoms with Gasteiger partial charge in [-0.05, 0) is 43.3 Å². The SMILES string of the molecule is CCn1nccc1[C@@H]1CCCN1C(=O)c1cnn2c(C(F)(F)F)cc(-c3cccs3)nc12. The van der Waals surface area contributed by atoms with Crippen molar-refractivity contribution >= 4 is 22.9 Å². The third kappa shape index (κ3) is 3.36. The van der Waals surface area contributed by atoms with Gasteiger partial charge in [0.1, 0.15) is 5.56 Å². The van der Waals surface area contributed by atoms with Crippen molar-refractivity contribution in [3.63, 3.8) is 0 Å². The Hall–Kier alpha value is -3.21. The van der Waals surface area contributed by atoms with Gasteiger partial charge in [0, 0.05) is 19.3 Å². The van der Waals surface area contributed by atoms with E-state index in [1.165, 1.54) is 17.5 Å². The Labute approximate surface area is 185 Å². The Morgan fingerprint density at radius 2 is 2.12 bits per heavy atom. The summed E-state index contributed by atoms with van der Waals surface area (Å²) in [4.78, 5) is 20.2. The summed E-state index contributed by atoms with van der Waals surface area (Å²) in [6.45, 7) is 3.14. The van der Waals surface area contributed by atoms with Gasteiger partial charge in [0.2, 0.25) is 0 Å². The van der Waals surface area contributed by atoms with Crippen molar-refractivity contribution in [2.45, 2.75) is 38.5 Å².